The molecule has 0 aliphatic carbocycles. The molecule has 1 nitrogen and oxygen atoms in total. The molecule has 3 heteroatoms. The summed E-state index contributed by atoms with van der Waals surface area (Å²) in [5.74, 6) is 2.95. The van der Waals surface area contributed by atoms with E-state index in [9.17, 15) is 0 Å². The number of rotatable bonds is 7. The molecule has 84 valence electrons. The lowest BCUT2D eigenvalue weighted by molar-refractivity contribution is 0.606. The van der Waals surface area contributed by atoms with Gasteiger partial charge in [0.25, 0.3) is 0 Å². The van der Waals surface area contributed by atoms with E-state index < -0.39 is 0 Å². The number of alkyl halides is 1. The van der Waals surface area contributed by atoms with Crippen LogP contribution in [0.5, 0.6) is 0 Å². The molecule has 0 fully saturated rings. The molecule has 0 aromatic heterocycles. The molecule has 0 amide bonds. The molecule has 1 aromatic carbocycles. The fourth-order valence-corrected chi connectivity index (χ4v) is 2.23. The molecule has 0 saturated carbocycles. The van der Waals surface area contributed by atoms with Crippen molar-refractivity contribution >= 4 is 23.4 Å². The lowest BCUT2D eigenvalue weighted by atomic mass is 10.1. The monoisotopic (exact) mass is 243 g/mol. The Morgan fingerprint density at radius 3 is 2.67 bits per heavy atom. The molecule has 0 aliphatic rings. The average molecular weight is 244 g/mol. The lowest BCUT2D eigenvalue weighted by Gasteiger charge is -2.16. The highest BCUT2D eigenvalue weighted by Gasteiger charge is 2.07. The quantitative estimate of drug-likeness (QED) is 0.583. The Morgan fingerprint density at radius 1 is 1.33 bits per heavy atom. The maximum atomic E-state index is 5.95. The summed E-state index contributed by atoms with van der Waals surface area (Å²) in [6.07, 6.45) is 0. The molecule has 1 rings (SSSR count). The van der Waals surface area contributed by atoms with Crippen LogP contribution in [0, 0.1) is 0 Å². The third-order valence-corrected chi connectivity index (χ3v) is 3.41. The number of benzene rings is 1. The third-order valence-electron chi connectivity index (χ3n) is 2.20. The first-order chi connectivity index (χ1) is 7.38. The van der Waals surface area contributed by atoms with Crippen molar-refractivity contribution in [2.45, 2.75) is 13.0 Å². The Labute approximate surface area is 102 Å². The van der Waals surface area contributed by atoms with E-state index in [4.69, 9.17) is 11.6 Å². The van der Waals surface area contributed by atoms with Crippen molar-refractivity contribution in [3.8, 4) is 0 Å². The Balaban J connectivity index is 2.36. The maximum absolute atomic E-state index is 5.95. The fourth-order valence-electron chi connectivity index (χ4n) is 1.40. The first kappa shape index (κ1) is 12.9. The summed E-state index contributed by atoms with van der Waals surface area (Å²) in [6, 6.07) is 10.7. The molecule has 1 unspecified atom stereocenters. The number of hydrogen-bond acceptors (Lipinski definition) is 2. The topological polar surface area (TPSA) is 12.0 Å². The lowest BCUT2D eigenvalue weighted by Crippen LogP contribution is -2.25. The summed E-state index contributed by atoms with van der Waals surface area (Å²) in [6.45, 7) is 3.20. The van der Waals surface area contributed by atoms with Gasteiger partial charge in [0.05, 0.1) is 0 Å². The molecule has 0 saturated heterocycles. The minimum Gasteiger partial charge on any atom is -0.308 e. The van der Waals surface area contributed by atoms with Gasteiger partial charge in [-0.3, -0.25) is 0 Å². The minimum atomic E-state index is 0.283. The highest BCUT2D eigenvalue weighted by Crippen LogP contribution is 2.13. The fraction of sp³-hybridized carbons (Fsp3) is 0.500. The predicted molar refractivity (Wildman–Crippen MR) is 70.9 cm³/mol. The molecule has 1 atom stereocenters. The van der Waals surface area contributed by atoms with Gasteiger partial charge < -0.3 is 5.32 Å². The molecule has 0 heterocycles. The van der Waals surface area contributed by atoms with Crippen LogP contribution < -0.4 is 5.32 Å². The van der Waals surface area contributed by atoms with E-state index in [1.165, 1.54) is 11.3 Å². The highest BCUT2D eigenvalue weighted by atomic mass is 35.5. The molecule has 0 bridgehead atoms. The van der Waals surface area contributed by atoms with Crippen molar-refractivity contribution in [3.63, 3.8) is 0 Å². The van der Waals surface area contributed by atoms with Crippen LogP contribution in [0.1, 0.15) is 18.5 Å². The van der Waals surface area contributed by atoms with Crippen molar-refractivity contribution in [1.29, 1.82) is 0 Å². The van der Waals surface area contributed by atoms with E-state index in [0.717, 1.165) is 12.3 Å². The van der Waals surface area contributed by atoms with Crippen LogP contribution in [-0.2, 0) is 0 Å². The van der Waals surface area contributed by atoms with Gasteiger partial charge in [0.2, 0.25) is 0 Å². The molecule has 1 aromatic rings. The third kappa shape index (κ3) is 4.92. The van der Waals surface area contributed by atoms with Gasteiger partial charge in [0.15, 0.2) is 0 Å². The maximum Gasteiger partial charge on any atom is 0.0457 e. The van der Waals surface area contributed by atoms with Gasteiger partial charge in [-0.2, -0.15) is 11.8 Å². The smallest absolute Gasteiger partial charge is 0.0457 e. The first-order valence-corrected chi connectivity index (χ1v) is 6.99. The van der Waals surface area contributed by atoms with Crippen LogP contribution in [0.4, 0.5) is 0 Å². The van der Waals surface area contributed by atoms with Crippen LogP contribution in [0.3, 0.4) is 0 Å². The zero-order chi connectivity index (χ0) is 10.9. The van der Waals surface area contributed by atoms with Gasteiger partial charge >= 0.3 is 0 Å². The highest BCUT2D eigenvalue weighted by molar-refractivity contribution is 7.99. The zero-order valence-corrected chi connectivity index (χ0v) is 10.7. The van der Waals surface area contributed by atoms with Crippen LogP contribution in [0.25, 0.3) is 0 Å². The molecule has 0 aliphatic heterocycles. The molecule has 1 N–H and O–H groups in total. The Morgan fingerprint density at radius 2 is 2.07 bits per heavy atom. The Kier molecular flexibility index (Phi) is 6.90. The summed E-state index contributed by atoms with van der Waals surface area (Å²) in [7, 11) is 0. The summed E-state index contributed by atoms with van der Waals surface area (Å²) in [4.78, 5) is 0. The molecular weight excluding hydrogens is 226 g/mol. The van der Waals surface area contributed by atoms with Crippen LogP contribution in [0.2, 0.25) is 0 Å². The number of hydrogen-bond donors (Lipinski definition) is 1. The van der Waals surface area contributed by atoms with Crippen molar-refractivity contribution < 1.29 is 0 Å². The van der Waals surface area contributed by atoms with Gasteiger partial charge in [-0.25, -0.2) is 0 Å². The van der Waals surface area contributed by atoms with E-state index >= 15 is 0 Å². The van der Waals surface area contributed by atoms with Crippen molar-refractivity contribution in [1.82, 2.24) is 5.32 Å². The van der Waals surface area contributed by atoms with Crippen molar-refractivity contribution in [2.75, 3.05) is 23.9 Å². The summed E-state index contributed by atoms with van der Waals surface area (Å²) >= 11 is 7.90. The average Bonchev–Trinajstić information content (AvgIpc) is 2.30. The van der Waals surface area contributed by atoms with Crippen LogP contribution in [-0.4, -0.2) is 23.9 Å². The van der Waals surface area contributed by atoms with Gasteiger partial charge in [0.1, 0.15) is 0 Å². The second-order valence-electron chi connectivity index (χ2n) is 3.27. The SMILES string of the molecule is CCSCCNC(CCl)c1ccccc1. The predicted octanol–water partition coefficient (Wildman–Crippen LogP) is 3.31. The number of halogens is 1. The second kappa shape index (κ2) is 8.03. The minimum absolute atomic E-state index is 0.283. The van der Waals surface area contributed by atoms with Crippen LogP contribution in [0.15, 0.2) is 30.3 Å². The van der Waals surface area contributed by atoms with Gasteiger partial charge in [-0.05, 0) is 11.3 Å². The second-order valence-corrected chi connectivity index (χ2v) is 4.97. The summed E-state index contributed by atoms with van der Waals surface area (Å²) in [5.41, 5.74) is 1.27. The molecule has 15 heavy (non-hydrogen) atoms. The zero-order valence-electron chi connectivity index (χ0n) is 9.08. The first-order valence-electron chi connectivity index (χ1n) is 5.30. The van der Waals surface area contributed by atoms with Crippen molar-refractivity contribution in [3.05, 3.63) is 35.9 Å². The number of nitrogens with one attached hydrogen (secondary N) is 1. The summed E-state index contributed by atoms with van der Waals surface area (Å²) in [5, 5.41) is 3.47. The molecule has 0 radical (unpaired) electrons. The van der Waals surface area contributed by atoms with Gasteiger partial charge in [-0.15, -0.1) is 11.6 Å². The molecular formula is C12H18ClNS. The Hall–Kier alpha value is -0.180. The van der Waals surface area contributed by atoms with E-state index in [0.29, 0.717) is 5.88 Å². The van der Waals surface area contributed by atoms with Crippen LogP contribution >= 0.6 is 23.4 Å². The van der Waals surface area contributed by atoms with E-state index in [2.05, 4.69) is 36.5 Å². The van der Waals surface area contributed by atoms with E-state index in [1.54, 1.807) is 0 Å². The van der Waals surface area contributed by atoms with E-state index in [1.807, 2.05) is 17.8 Å². The van der Waals surface area contributed by atoms with Crippen molar-refractivity contribution in [2.24, 2.45) is 0 Å². The normalized spacial score (nSPS) is 12.7. The van der Waals surface area contributed by atoms with E-state index in [-0.39, 0.29) is 6.04 Å². The van der Waals surface area contributed by atoms with Gasteiger partial charge in [0, 0.05) is 24.2 Å². The summed E-state index contributed by atoms with van der Waals surface area (Å²) < 4.78 is 0. The Bertz CT molecular complexity index is 253. The molecule has 0 spiro atoms. The number of thioether (sulfide) groups is 1. The standard InChI is InChI=1S/C12H18ClNS/c1-2-15-9-8-14-12(10-13)11-6-4-3-5-7-11/h3-7,12,14H,2,8-10H2,1H3. The largest absolute Gasteiger partial charge is 0.308 e. The van der Waals surface area contributed by atoms with Gasteiger partial charge in [-0.1, -0.05) is 37.3 Å².